The molecule has 6 nitrogen and oxygen atoms in total. The zero-order chi connectivity index (χ0) is 25.3. The van der Waals surface area contributed by atoms with E-state index in [9.17, 15) is 14.7 Å². The first-order valence-corrected chi connectivity index (χ1v) is 11.7. The topological polar surface area (TPSA) is 82.6 Å². The maximum absolute atomic E-state index is 12.4. The maximum atomic E-state index is 12.4. The van der Waals surface area contributed by atoms with Crippen molar-refractivity contribution in [3.63, 3.8) is 0 Å². The van der Waals surface area contributed by atoms with Crippen molar-refractivity contribution in [3.8, 4) is 11.8 Å². The minimum atomic E-state index is -0.858. The van der Waals surface area contributed by atoms with Crippen LogP contribution in [0, 0.1) is 11.8 Å². The lowest BCUT2D eigenvalue weighted by atomic mass is 9.97. The minimum Gasteiger partial charge on any atom is -0.446 e. The molecule has 6 heteroatoms. The molecular formula is C29H32N2O4. The van der Waals surface area contributed by atoms with Crippen molar-refractivity contribution >= 4 is 6.09 Å². The van der Waals surface area contributed by atoms with Crippen molar-refractivity contribution in [2.45, 2.75) is 51.4 Å². The van der Waals surface area contributed by atoms with E-state index in [-0.39, 0.29) is 23.8 Å². The third-order valence-electron chi connectivity index (χ3n) is 5.57. The Morgan fingerprint density at radius 1 is 1.03 bits per heavy atom. The molecule has 0 bridgehead atoms. The summed E-state index contributed by atoms with van der Waals surface area (Å²) in [6.07, 6.45) is 2.09. The summed E-state index contributed by atoms with van der Waals surface area (Å²) >= 11 is 0. The summed E-state index contributed by atoms with van der Waals surface area (Å²) < 4.78 is 5.52. The number of rotatable bonds is 4. The van der Waals surface area contributed by atoms with Crippen LogP contribution in [0.1, 0.15) is 56.3 Å². The second kappa shape index (κ2) is 12.0. The zero-order valence-corrected chi connectivity index (χ0v) is 20.4. The number of carbonyl (C=O) groups is 1. The Labute approximate surface area is 206 Å². The third-order valence-corrected chi connectivity index (χ3v) is 5.57. The van der Waals surface area contributed by atoms with Crippen molar-refractivity contribution in [2.24, 2.45) is 0 Å². The highest BCUT2D eigenvalue weighted by molar-refractivity contribution is 5.69. The molecule has 1 aliphatic rings. The van der Waals surface area contributed by atoms with E-state index in [1.54, 1.807) is 31.0 Å². The van der Waals surface area contributed by atoms with Gasteiger partial charge in [0, 0.05) is 42.8 Å². The first kappa shape index (κ1) is 25.8. The number of aromatic amines is 1. The fourth-order valence-electron chi connectivity index (χ4n) is 3.77. The first-order chi connectivity index (χ1) is 16.7. The lowest BCUT2D eigenvalue weighted by Crippen LogP contribution is -2.45. The summed E-state index contributed by atoms with van der Waals surface area (Å²) in [5.41, 5.74) is 1.43. The number of carbonyl (C=O) groups excluding carboxylic acids is 1. The van der Waals surface area contributed by atoms with Crippen LogP contribution in [-0.2, 0) is 4.74 Å². The van der Waals surface area contributed by atoms with Gasteiger partial charge in [0.1, 0.15) is 6.10 Å². The molecule has 2 heterocycles. The number of nitrogens with one attached hydrogen (secondary N) is 1. The van der Waals surface area contributed by atoms with Crippen LogP contribution in [0.4, 0.5) is 4.79 Å². The fraction of sp³-hybridized carbons (Fsp3) is 0.310. The second-order valence-electron chi connectivity index (χ2n) is 9.15. The van der Waals surface area contributed by atoms with Gasteiger partial charge in [-0.25, -0.2) is 4.79 Å². The number of pyridine rings is 1. The molecule has 182 valence electrons. The Bertz CT molecular complexity index is 1170. The second-order valence-corrected chi connectivity index (χ2v) is 9.15. The van der Waals surface area contributed by atoms with Crippen molar-refractivity contribution in [2.75, 3.05) is 6.54 Å². The number of aromatic nitrogens is 1. The molecule has 1 amide bonds. The summed E-state index contributed by atoms with van der Waals surface area (Å²) in [6, 6.07) is 22.8. The highest BCUT2D eigenvalue weighted by Gasteiger charge is 2.33. The average molecular weight is 473 g/mol. The predicted octanol–water partition coefficient (Wildman–Crippen LogP) is 4.89. The van der Waals surface area contributed by atoms with Gasteiger partial charge in [0.05, 0.1) is 11.6 Å². The van der Waals surface area contributed by atoms with Crippen LogP contribution in [-0.4, -0.2) is 39.3 Å². The fourth-order valence-corrected chi connectivity index (χ4v) is 3.77. The van der Waals surface area contributed by atoms with Crippen LogP contribution in [0.3, 0.4) is 0 Å². The number of aliphatic hydroxyl groups is 1. The minimum absolute atomic E-state index is 0.125. The summed E-state index contributed by atoms with van der Waals surface area (Å²) in [6.45, 7) is 5.99. The average Bonchev–Trinajstić information content (AvgIpc) is 2.83. The normalized spacial score (nSPS) is 16.2. The number of benzene rings is 2. The maximum Gasteiger partial charge on any atom is 0.410 e. The van der Waals surface area contributed by atoms with Gasteiger partial charge < -0.3 is 19.7 Å². The molecule has 2 atom stereocenters. The van der Waals surface area contributed by atoms with E-state index in [4.69, 9.17) is 4.74 Å². The lowest BCUT2D eigenvalue weighted by Gasteiger charge is -2.37. The number of amides is 1. The summed E-state index contributed by atoms with van der Waals surface area (Å²) in [7, 11) is 0. The molecule has 1 aromatic heterocycles. The number of H-pyrrole nitrogens is 1. The molecule has 4 rings (SSSR count). The van der Waals surface area contributed by atoms with Gasteiger partial charge in [-0.1, -0.05) is 60.4 Å². The molecule has 35 heavy (non-hydrogen) atoms. The summed E-state index contributed by atoms with van der Waals surface area (Å²) in [4.78, 5) is 28.0. The molecule has 0 radical (unpaired) electrons. The number of cyclic esters (lactones) is 1. The van der Waals surface area contributed by atoms with Gasteiger partial charge in [0.2, 0.25) is 5.56 Å². The van der Waals surface area contributed by atoms with E-state index >= 15 is 0 Å². The van der Waals surface area contributed by atoms with Crippen LogP contribution in [0.2, 0.25) is 0 Å². The van der Waals surface area contributed by atoms with E-state index in [1.165, 1.54) is 6.07 Å². The Kier molecular flexibility index (Phi) is 8.88. The molecule has 2 N–H and O–H groups in total. The molecule has 1 fully saturated rings. The van der Waals surface area contributed by atoms with E-state index in [1.807, 2.05) is 67.6 Å². The molecule has 0 aliphatic carbocycles. The van der Waals surface area contributed by atoms with Gasteiger partial charge in [-0.2, -0.15) is 0 Å². The van der Waals surface area contributed by atoms with Crippen molar-refractivity contribution < 1.29 is 14.6 Å². The predicted molar refractivity (Wildman–Crippen MR) is 137 cm³/mol. The molecule has 3 aromatic rings. The monoisotopic (exact) mass is 472 g/mol. The van der Waals surface area contributed by atoms with Crippen LogP contribution >= 0.6 is 0 Å². The largest absolute Gasteiger partial charge is 0.446 e. The van der Waals surface area contributed by atoms with E-state index in [2.05, 4.69) is 16.8 Å². The van der Waals surface area contributed by atoms with Crippen molar-refractivity contribution in [3.05, 3.63) is 106 Å². The third kappa shape index (κ3) is 8.47. The summed E-state index contributed by atoms with van der Waals surface area (Å²) in [5.74, 6) is 6.01. The van der Waals surface area contributed by atoms with Crippen molar-refractivity contribution in [1.29, 1.82) is 0 Å². The van der Waals surface area contributed by atoms with E-state index < -0.39 is 5.60 Å². The molecule has 0 spiro atoms. The van der Waals surface area contributed by atoms with Crippen LogP contribution < -0.4 is 5.56 Å². The highest BCUT2D eigenvalue weighted by atomic mass is 16.6. The van der Waals surface area contributed by atoms with Gasteiger partial charge in [0.25, 0.3) is 0 Å². The molecular weight excluding hydrogens is 440 g/mol. The first-order valence-electron chi connectivity index (χ1n) is 11.7. The molecule has 1 saturated heterocycles. The van der Waals surface area contributed by atoms with E-state index in [0.29, 0.717) is 24.9 Å². The van der Waals surface area contributed by atoms with Crippen LogP contribution in [0.15, 0.2) is 83.8 Å². The Morgan fingerprint density at radius 2 is 1.63 bits per heavy atom. The Hall–Kier alpha value is -3.82. The van der Waals surface area contributed by atoms with Gasteiger partial charge in [-0.05, 0) is 44.5 Å². The van der Waals surface area contributed by atoms with E-state index in [0.717, 1.165) is 11.1 Å². The smallest absolute Gasteiger partial charge is 0.410 e. The SMILES string of the molecule is CC(c1ccc(C#Cc2cc[nH]c(=O)c2)cc1)N1CCC(CC(C)(C)O)OC1=O.c1ccccc1. The lowest BCUT2D eigenvalue weighted by molar-refractivity contribution is -0.0309. The van der Waals surface area contributed by atoms with Crippen molar-refractivity contribution in [1.82, 2.24) is 9.88 Å². The number of hydrogen-bond donors (Lipinski definition) is 2. The number of ether oxygens (including phenoxy) is 1. The standard InChI is InChI=1S/C23H26N2O4.C6H6/c1-16(25-13-11-20(29-22(25)27)15-23(2,3)28)19-8-6-17(7-9-19)4-5-18-10-12-24-21(26)14-18;1-2-4-6-5-3-1/h6-10,12,14,16,20,28H,11,13,15H2,1-3H3,(H,24,26);1-6H. The van der Waals surface area contributed by atoms with Gasteiger partial charge in [-0.3, -0.25) is 4.79 Å². The number of nitrogens with zero attached hydrogens (tertiary/aromatic N) is 1. The molecule has 0 saturated carbocycles. The molecule has 2 unspecified atom stereocenters. The zero-order valence-electron chi connectivity index (χ0n) is 20.4. The van der Waals surface area contributed by atoms with Gasteiger partial charge >= 0.3 is 6.09 Å². The molecule has 2 aromatic carbocycles. The Balaban J connectivity index is 0.000000497. The van der Waals surface area contributed by atoms with Crippen LogP contribution in [0.25, 0.3) is 0 Å². The van der Waals surface area contributed by atoms with Crippen LogP contribution in [0.5, 0.6) is 0 Å². The number of hydrogen-bond acceptors (Lipinski definition) is 4. The van der Waals surface area contributed by atoms with Gasteiger partial charge in [-0.15, -0.1) is 0 Å². The Morgan fingerprint density at radius 3 is 2.17 bits per heavy atom. The quantitative estimate of drug-likeness (QED) is 0.530. The van der Waals surface area contributed by atoms with Gasteiger partial charge in [0.15, 0.2) is 0 Å². The molecule has 1 aliphatic heterocycles. The highest BCUT2D eigenvalue weighted by Crippen LogP contribution is 2.28. The summed E-state index contributed by atoms with van der Waals surface area (Å²) in [5, 5.41) is 9.93.